The highest BCUT2D eigenvalue weighted by molar-refractivity contribution is 6.57. The number of hydrogen-bond donors (Lipinski definition) is 0. The van der Waals surface area contributed by atoms with E-state index < -0.39 is 14.6 Å². The number of ether oxygens (including phenoxy) is 1. The van der Waals surface area contributed by atoms with E-state index in [0.717, 1.165) is 0 Å². The summed E-state index contributed by atoms with van der Waals surface area (Å²) in [5.41, 5.74) is 0. The molecule has 1 saturated heterocycles. The molecule has 4 unspecified atom stereocenters. The van der Waals surface area contributed by atoms with Gasteiger partial charge < -0.3 is 4.74 Å². The van der Waals surface area contributed by atoms with Gasteiger partial charge in [0.1, 0.15) is 14.6 Å². The number of halogens is 5. The molecule has 0 amide bonds. The topological polar surface area (TPSA) is 9.23 Å². The zero-order valence-corrected chi connectivity index (χ0v) is 10.6. The summed E-state index contributed by atoms with van der Waals surface area (Å²) in [4.78, 5) is -2.69. The third-order valence-electron chi connectivity index (χ3n) is 3.46. The molecule has 2 aliphatic carbocycles. The van der Waals surface area contributed by atoms with Crippen LogP contribution in [0.4, 0.5) is 0 Å². The highest BCUT2D eigenvalue weighted by atomic mass is 35.5. The highest BCUT2D eigenvalue weighted by Gasteiger charge is 2.82. The molecule has 3 aliphatic rings. The Morgan fingerprint density at radius 2 is 1.79 bits per heavy atom. The first kappa shape index (κ1) is 10.3. The zero-order chi connectivity index (χ0) is 10.4. The Morgan fingerprint density at radius 1 is 1.14 bits per heavy atom. The van der Waals surface area contributed by atoms with Gasteiger partial charge in [-0.1, -0.05) is 23.2 Å². The Balaban J connectivity index is 2.32. The first-order valence-electron chi connectivity index (χ1n) is 4.12. The third kappa shape index (κ3) is 0.714. The molecule has 4 bridgehead atoms. The Labute approximate surface area is 106 Å². The van der Waals surface area contributed by atoms with Gasteiger partial charge in [-0.2, -0.15) is 0 Å². The van der Waals surface area contributed by atoms with Crippen molar-refractivity contribution in [3.63, 3.8) is 0 Å². The largest absolute Gasteiger partial charge is 0.374 e. The molecule has 4 atom stereocenters. The molecule has 14 heavy (non-hydrogen) atoms. The molecule has 1 saturated carbocycles. The fourth-order valence-corrected chi connectivity index (χ4v) is 5.04. The van der Waals surface area contributed by atoms with Gasteiger partial charge in [-0.3, -0.25) is 0 Å². The molecular formula is C8H5Cl5O. The molecule has 3 rings (SSSR count). The van der Waals surface area contributed by atoms with Gasteiger partial charge in [0, 0.05) is 6.42 Å². The van der Waals surface area contributed by atoms with E-state index in [9.17, 15) is 0 Å². The summed E-state index contributed by atoms with van der Waals surface area (Å²) < 4.78 is 5.45. The van der Waals surface area contributed by atoms with Gasteiger partial charge in [-0.25, -0.2) is 0 Å². The molecule has 0 N–H and O–H groups in total. The minimum atomic E-state index is -0.936. The smallest absolute Gasteiger partial charge is 0.131 e. The Hall–Kier alpha value is 1.15. The second kappa shape index (κ2) is 2.52. The lowest BCUT2D eigenvalue weighted by atomic mass is 9.96. The standard InChI is InChI=1S/C8H5Cl5O/c9-4-5(10)8(13)3-1-6(4,11)7(8,12)2-14-3/h3H,1-2H2. The molecule has 1 nitrogen and oxygen atoms in total. The van der Waals surface area contributed by atoms with Gasteiger partial charge in [0.05, 0.1) is 22.8 Å². The minimum Gasteiger partial charge on any atom is -0.374 e. The van der Waals surface area contributed by atoms with Gasteiger partial charge in [0.2, 0.25) is 0 Å². The third-order valence-corrected chi connectivity index (χ3v) is 7.09. The van der Waals surface area contributed by atoms with E-state index in [4.69, 9.17) is 62.7 Å². The fraction of sp³-hybridized carbons (Fsp3) is 0.750. The minimum absolute atomic E-state index is 0.228. The summed E-state index contributed by atoms with van der Waals surface area (Å²) in [5.74, 6) is 0. The van der Waals surface area contributed by atoms with E-state index in [-0.39, 0.29) is 6.10 Å². The van der Waals surface area contributed by atoms with Crippen molar-refractivity contribution in [2.75, 3.05) is 6.61 Å². The van der Waals surface area contributed by atoms with Crippen LogP contribution in [0.1, 0.15) is 6.42 Å². The molecule has 0 aromatic rings. The van der Waals surface area contributed by atoms with Crippen LogP contribution in [-0.4, -0.2) is 27.3 Å². The van der Waals surface area contributed by atoms with Crippen molar-refractivity contribution in [2.24, 2.45) is 0 Å². The van der Waals surface area contributed by atoms with Crippen LogP contribution >= 0.6 is 58.0 Å². The Bertz CT molecular complexity index is 369. The van der Waals surface area contributed by atoms with Crippen molar-refractivity contribution in [3.05, 3.63) is 10.1 Å². The summed E-state index contributed by atoms with van der Waals surface area (Å²) in [5, 5.41) is 0.727. The van der Waals surface area contributed by atoms with E-state index in [1.807, 2.05) is 0 Å². The van der Waals surface area contributed by atoms with E-state index in [0.29, 0.717) is 23.1 Å². The highest BCUT2D eigenvalue weighted by Crippen LogP contribution is 2.74. The maximum atomic E-state index is 6.43. The lowest BCUT2D eigenvalue weighted by Crippen LogP contribution is -2.48. The summed E-state index contributed by atoms with van der Waals surface area (Å²) in [7, 11) is 0. The number of allylic oxidation sites excluding steroid dienone is 1. The SMILES string of the molecule is ClC1=C(Cl)C2(Cl)C3CC1(Cl)C2(Cl)CO3. The van der Waals surface area contributed by atoms with Gasteiger partial charge in [0.25, 0.3) is 0 Å². The zero-order valence-electron chi connectivity index (χ0n) is 6.79. The predicted molar refractivity (Wildman–Crippen MR) is 58.8 cm³/mol. The average Bonchev–Trinajstić information content (AvgIpc) is 2.53. The monoisotopic (exact) mass is 292 g/mol. The van der Waals surface area contributed by atoms with E-state index in [2.05, 4.69) is 0 Å². The van der Waals surface area contributed by atoms with Crippen molar-refractivity contribution >= 4 is 58.0 Å². The van der Waals surface area contributed by atoms with Gasteiger partial charge >= 0.3 is 0 Å². The van der Waals surface area contributed by atoms with Gasteiger partial charge in [-0.05, 0) is 0 Å². The van der Waals surface area contributed by atoms with E-state index in [1.54, 1.807) is 0 Å². The van der Waals surface area contributed by atoms with Crippen LogP contribution in [0.2, 0.25) is 0 Å². The Morgan fingerprint density at radius 3 is 2.29 bits per heavy atom. The molecule has 2 fully saturated rings. The van der Waals surface area contributed by atoms with Crippen LogP contribution < -0.4 is 0 Å². The van der Waals surface area contributed by atoms with E-state index in [1.165, 1.54) is 0 Å². The van der Waals surface area contributed by atoms with Crippen molar-refractivity contribution < 1.29 is 4.74 Å². The summed E-state index contributed by atoms with van der Waals surface area (Å²) in [6.07, 6.45) is 0.297. The second-order valence-corrected chi connectivity index (χ2v) is 6.59. The van der Waals surface area contributed by atoms with E-state index >= 15 is 0 Å². The summed E-state index contributed by atoms with van der Waals surface area (Å²) in [6.45, 7) is 0.290. The van der Waals surface area contributed by atoms with Crippen molar-refractivity contribution in [1.29, 1.82) is 0 Å². The fourth-order valence-electron chi connectivity index (χ4n) is 2.62. The molecule has 0 spiro atoms. The first-order chi connectivity index (χ1) is 6.38. The molecule has 6 heteroatoms. The van der Waals surface area contributed by atoms with Gasteiger partial charge in [0.15, 0.2) is 0 Å². The summed E-state index contributed by atoms with van der Waals surface area (Å²) >= 11 is 31.4. The average molecular weight is 294 g/mol. The normalized spacial score (nSPS) is 60.2. The maximum Gasteiger partial charge on any atom is 0.131 e. The molecule has 0 radical (unpaired) electrons. The van der Waals surface area contributed by atoms with Crippen LogP contribution in [0.25, 0.3) is 0 Å². The molecule has 78 valence electrons. The lowest BCUT2D eigenvalue weighted by Gasteiger charge is -2.34. The maximum absolute atomic E-state index is 6.43. The van der Waals surface area contributed by atoms with Crippen LogP contribution in [0.15, 0.2) is 10.1 Å². The second-order valence-electron chi connectivity index (χ2n) is 3.95. The molecule has 1 heterocycles. The van der Waals surface area contributed by atoms with Crippen molar-refractivity contribution in [2.45, 2.75) is 27.1 Å². The summed E-state index contributed by atoms with van der Waals surface area (Å²) in [6, 6.07) is 0. The molecule has 1 aliphatic heterocycles. The predicted octanol–water partition coefficient (Wildman–Crippen LogP) is 3.42. The lowest BCUT2D eigenvalue weighted by molar-refractivity contribution is 0.0662. The molecule has 0 aromatic carbocycles. The van der Waals surface area contributed by atoms with Crippen LogP contribution in [0, 0.1) is 0 Å². The van der Waals surface area contributed by atoms with Gasteiger partial charge in [-0.15, -0.1) is 34.8 Å². The van der Waals surface area contributed by atoms with Crippen LogP contribution in [0.5, 0.6) is 0 Å². The van der Waals surface area contributed by atoms with Crippen LogP contribution in [0.3, 0.4) is 0 Å². The number of rotatable bonds is 0. The molecule has 0 aromatic heterocycles. The van der Waals surface area contributed by atoms with Crippen molar-refractivity contribution in [3.8, 4) is 0 Å². The quantitative estimate of drug-likeness (QED) is 0.622. The number of hydrogen-bond acceptors (Lipinski definition) is 1. The number of alkyl halides is 3. The first-order valence-corrected chi connectivity index (χ1v) is 6.01. The molecular weight excluding hydrogens is 289 g/mol. The van der Waals surface area contributed by atoms with Crippen LogP contribution in [-0.2, 0) is 4.74 Å². The van der Waals surface area contributed by atoms with Crippen molar-refractivity contribution in [1.82, 2.24) is 0 Å². The Kier molecular flexibility index (Phi) is 1.86.